The van der Waals surface area contributed by atoms with Crippen LogP contribution in [0.3, 0.4) is 0 Å². The Morgan fingerprint density at radius 2 is 2.11 bits per heavy atom. The molecule has 6 nitrogen and oxygen atoms in total. The molecule has 0 aliphatic carbocycles. The Hall–Kier alpha value is -1.89. The summed E-state index contributed by atoms with van der Waals surface area (Å²) in [4.78, 5) is 17.9. The zero-order valence-electron chi connectivity index (χ0n) is 10.3. The Labute approximate surface area is 111 Å². The molecule has 1 amide bonds. The van der Waals surface area contributed by atoms with Crippen LogP contribution in [0.25, 0.3) is 0 Å². The highest BCUT2D eigenvalue weighted by molar-refractivity contribution is 7.90. The van der Waals surface area contributed by atoms with E-state index in [-0.39, 0.29) is 16.6 Å². The Morgan fingerprint density at radius 1 is 1.37 bits per heavy atom. The third-order valence-electron chi connectivity index (χ3n) is 3.35. The molecule has 0 aromatic heterocycles. The fraction of sp³-hybridized carbons (Fsp3) is 0.333. The molecule has 2 aliphatic heterocycles. The van der Waals surface area contributed by atoms with E-state index in [0.29, 0.717) is 18.5 Å². The van der Waals surface area contributed by atoms with Crippen molar-refractivity contribution in [3.8, 4) is 0 Å². The number of likely N-dealkylation sites (N-methyl/N-ethyl adjacent to an activating group) is 1. The second kappa shape index (κ2) is 4.06. The molecule has 1 aromatic rings. The number of likely N-dealkylation sites (tertiary alicyclic amines) is 1. The molecule has 2 heterocycles. The van der Waals surface area contributed by atoms with Gasteiger partial charge in [0, 0.05) is 19.2 Å². The van der Waals surface area contributed by atoms with Crippen LogP contribution in [-0.2, 0) is 14.8 Å². The quantitative estimate of drug-likeness (QED) is 0.783. The molecule has 1 atom stereocenters. The van der Waals surface area contributed by atoms with E-state index in [1.165, 1.54) is 6.07 Å². The predicted octanol–water partition coefficient (Wildman–Crippen LogP) is -0.0442. The second-order valence-corrected chi connectivity index (χ2v) is 6.29. The van der Waals surface area contributed by atoms with Gasteiger partial charge >= 0.3 is 0 Å². The van der Waals surface area contributed by atoms with Gasteiger partial charge in [-0.25, -0.2) is 8.42 Å². The van der Waals surface area contributed by atoms with Crippen molar-refractivity contribution in [1.82, 2.24) is 9.62 Å². The van der Waals surface area contributed by atoms with Gasteiger partial charge in [-0.15, -0.1) is 0 Å². The SMILES string of the molecule is CN1CCC(N=C2NS(=O)(=O)c3ccccc32)C1=O. The molecule has 0 saturated carbocycles. The number of nitrogens with one attached hydrogen (secondary N) is 1. The van der Waals surface area contributed by atoms with Gasteiger partial charge in [0.05, 0.1) is 4.90 Å². The van der Waals surface area contributed by atoms with E-state index in [2.05, 4.69) is 9.71 Å². The normalized spacial score (nSPS) is 26.6. The monoisotopic (exact) mass is 279 g/mol. The third kappa shape index (κ3) is 1.90. The molecular weight excluding hydrogens is 266 g/mol. The first-order chi connectivity index (χ1) is 8.99. The van der Waals surface area contributed by atoms with Gasteiger partial charge < -0.3 is 4.90 Å². The van der Waals surface area contributed by atoms with E-state index in [0.717, 1.165) is 0 Å². The van der Waals surface area contributed by atoms with Crippen molar-refractivity contribution >= 4 is 21.8 Å². The minimum absolute atomic E-state index is 0.0731. The number of fused-ring (bicyclic) bond motifs is 1. The smallest absolute Gasteiger partial charge is 0.263 e. The van der Waals surface area contributed by atoms with Crippen molar-refractivity contribution in [2.45, 2.75) is 17.4 Å². The molecule has 0 radical (unpaired) electrons. The zero-order valence-corrected chi connectivity index (χ0v) is 11.1. The Kier molecular flexibility index (Phi) is 2.60. The molecule has 19 heavy (non-hydrogen) atoms. The molecule has 1 saturated heterocycles. The second-order valence-electron chi connectivity index (χ2n) is 4.64. The first kappa shape index (κ1) is 12.2. The maximum absolute atomic E-state index is 11.9. The minimum atomic E-state index is -3.53. The molecule has 7 heteroatoms. The van der Waals surface area contributed by atoms with Crippen LogP contribution in [-0.4, -0.2) is 44.7 Å². The van der Waals surface area contributed by atoms with Gasteiger partial charge in [0.25, 0.3) is 10.0 Å². The van der Waals surface area contributed by atoms with Crippen molar-refractivity contribution in [2.75, 3.05) is 13.6 Å². The molecule has 1 N–H and O–H groups in total. The lowest BCUT2D eigenvalue weighted by molar-refractivity contribution is -0.127. The summed E-state index contributed by atoms with van der Waals surface area (Å²) in [7, 11) is -1.82. The maximum Gasteiger partial charge on any atom is 0.263 e. The minimum Gasteiger partial charge on any atom is -0.344 e. The van der Waals surface area contributed by atoms with Gasteiger partial charge in [0.15, 0.2) is 0 Å². The average Bonchev–Trinajstić information content (AvgIpc) is 2.82. The van der Waals surface area contributed by atoms with Gasteiger partial charge in [0.2, 0.25) is 5.91 Å². The first-order valence-electron chi connectivity index (χ1n) is 5.94. The van der Waals surface area contributed by atoms with Crippen LogP contribution in [0.4, 0.5) is 0 Å². The number of sulfonamides is 1. The zero-order chi connectivity index (χ0) is 13.6. The summed E-state index contributed by atoms with van der Waals surface area (Å²) in [6.07, 6.45) is 0.614. The van der Waals surface area contributed by atoms with Crippen molar-refractivity contribution in [3.63, 3.8) is 0 Å². The summed E-state index contributed by atoms with van der Waals surface area (Å²) >= 11 is 0. The molecular formula is C12H13N3O3S. The van der Waals surface area contributed by atoms with E-state index in [9.17, 15) is 13.2 Å². The van der Waals surface area contributed by atoms with E-state index in [4.69, 9.17) is 0 Å². The van der Waals surface area contributed by atoms with Crippen LogP contribution < -0.4 is 4.72 Å². The number of rotatable bonds is 1. The van der Waals surface area contributed by atoms with E-state index < -0.39 is 16.1 Å². The summed E-state index contributed by atoms with van der Waals surface area (Å²) < 4.78 is 26.2. The average molecular weight is 279 g/mol. The van der Waals surface area contributed by atoms with Crippen molar-refractivity contribution in [3.05, 3.63) is 29.8 Å². The summed E-state index contributed by atoms with van der Waals surface area (Å²) in [5.74, 6) is 0.195. The van der Waals surface area contributed by atoms with Gasteiger partial charge in [-0.2, -0.15) is 0 Å². The van der Waals surface area contributed by atoms with E-state index >= 15 is 0 Å². The number of aliphatic imine (C=N–C) groups is 1. The lowest BCUT2D eigenvalue weighted by Gasteiger charge is -2.07. The molecule has 100 valence electrons. The van der Waals surface area contributed by atoms with Crippen LogP contribution in [0, 0.1) is 0 Å². The summed E-state index contributed by atoms with van der Waals surface area (Å²) in [5, 5.41) is 0. The fourth-order valence-corrected chi connectivity index (χ4v) is 3.55. The maximum atomic E-state index is 11.9. The molecule has 0 spiro atoms. The van der Waals surface area contributed by atoms with Crippen LogP contribution in [0.5, 0.6) is 0 Å². The first-order valence-corrected chi connectivity index (χ1v) is 7.42. The number of carbonyl (C=O) groups is 1. The standard InChI is InChI=1S/C12H13N3O3S/c1-15-7-6-9(12(15)16)13-11-8-4-2-3-5-10(8)19(17,18)14-11/h2-5,9H,6-7H2,1H3,(H,13,14). The molecule has 3 rings (SSSR count). The van der Waals surface area contributed by atoms with Crippen molar-refractivity contribution in [1.29, 1.82) is 0 Å². The highest BCUT2D eigenvalue weighted by Crippen LogP contribution is 2.23. The molecule has 2 aliphatic rings. The molecule has 1 fully saturated rings. The summed E-state index contributed by atoms with van der Waals surface area (Å²) in [5.41, 5.74) is 0.532. The van der Waals surface area contributed by atoms with Crippen LogP contribution in [0.1, 0.15) is 12.0 Å². The Morgan fingerprint density at radius 3 is 2.79 bits per heavy atom. The highest BCUT2D eigenvalue weighted by atomic mass is 32.2. The number of amides is 1. The topological polar surface area (TPSA) is 78.8 Å². The third-order valence-corrected chi connectivity index (χ3v) is 4.74. The van der Waals surface area contributed by atoms with Gasteiger partial charge in [0.1, 0.15) is 11.9 Å². The molecule has 1 aromatic carbocycles. The van der Waals surface area contributed by atoms with Gasteiger partial charge in [-0.1, -0.05) is 12.1 Å². The van der Waals surface area contributed by atoms with Crippen molar-refractivity contribution in [2.24, 2.45) is 4.99 Å². The number of nitrogens with zero attached hydrogens (tertiary/aromatic N) is 2. The lowest BCUT2D eigenvalue weighted by Crippen LogP contribution is -2.28. The van der Waals surface area contributed by atoms with Crippen LogP contribution >= 0.6 is 0 Å². The Bertz CT molecular complexity index is 681. The number of benzene rings is 1. The predicted molar refractivity (Wildman–Crippen MR) is 69.3 cm³/mol. The van der Waals surface area contributed by atoms with Crippen LogP contribution in [0.2, 0.25) is 0 Å². The number of amidine groups is 1. The van der Waals surface area contributed by atoms with Crippen LogP contribution in [0.15, 0.2) is 34.2 Å². The number of hydrogen-bond acceptors (Lipinski definition) is 4. The lowest BCUT2D eigenvalue weighted by atomic mass is 10.2. The summed E-state index contributed by atoms with van der Waals surface area (Å²) in [6, 6.07) is 6.14. The highest BCUT2D eigenvalue weighted by Gasteiger charge is 2.34. The molecule has 1 unspecified atom stereocenters. The molecule has 0 bridgehead atoms. The fourth-order valence-electron chi connectivity index (χ4n) is 2.31. The van der Waals surface area contributed by atoms with E-state index in [1.807, 2.05) is 0 Å². The summed E-state index contributed by atoms with van der Waals surface area (Å²) in [6.45, 7) is 0.647. The van der Waals surface area contributed by atoms with Gasteiger partial charge in [-0.05, 0) is 18.6 Å². The Balaban J connectivity index is 2.03. The number of hydrogen-bond donors (Lipinski definition) is 1. The van der Waals surface area contributed by atoms with E-state index in [1.54, 1.807) is 30.1 Å². The number of carbonyl (C=O) groups excluding carboxylic acids is 1. The van der Waals surface area contributed by atoms with Crippen molar-refractivity contribution < 1.29 is 13.2 Å². The van der Waals surface area contributed by atoms with Gasteiger partial charge in [-0.3, -0.25) is 14.5 Å². The largest absolute Gasteiger partial charge is 0.344 e.